The maximum atomic E-state index is 13.6. The van der Waals surface area contributed by atoms with Gasteiger partial charge in [-0.05, 0) is 25.5 Å². The smallest absolute Gasteiger partial charge is 0.278 e. The summed E-state index contributed by atoms with van der Waals surface area (Å²) in [7, 11) is 0. The molecular formula is C20H19ClN6O3. The molecule has 0 aliphatic carbocycles. The van der Waals surface area contributed by atoms with Gasteiger partial charge in [-0.2, -0.15) is 10.2 Å². The molecule has 10 heteroatoms. The first-order valence-electron chi connectivity index (χ1n) is 9.51. The molecule has 2 unspecified atom stereocenters. The zero-order chi connectivity index (χ0) is 21.6. The molecule has 30 heavy (non-hydrogen) atoms. The first-order chi connectivity index (χ1) is 14.4. The number of hydrogen-bond acceptors (Lipinski definition) is 7. The Labute approximate surface area is 176 Å². The van der Waals surface area contributed by atoms with E-state index < -0.39 is 0 Å². The Morgan fingerprint density at radius 2 is 2.10 bits per heavy atom. The first kappa shape index (κ1) is 20.1. The van der Waals surface area contributed by atoms with Gasteiger partial charge >= 0.3 is 0 Å². The van der Waals surface area contributed by atoms with Gasteiger partial charge < -0.3 is 14.2 Å². The molecule has 1 N–H and O–H groups in total. The molecule has 0 aliphatic rings. The number of rotatable bonds is 5. The van der Waals surface area contributed by atoms with E-state index in [-0.39, 0.29) is 57.6 Å². The van der Waals surface area contributed by atoms with Gasteiger partial charge in [-0.15, -0.1) is 0 Å². The van der Waals surface area contributed by atoms with E-state index in [1.54, 1.807) is 28.0 Å². The predicted molar refractivity (Wildman–Crippen MR) is 110 cm³/mol. The van der Waals surface area contributed by atoms with Crippen LogP contribution in [0, 0.1) is 11.3 Å². The topological polar surface area (TPSA) is 122 Å². The van der Waals surface area contributed by atoms with E-state index in [2.05, 4.69) is 21.2 Å². The SMILES string of the molecule is CCC(C)n1c(=O)c2c(-c3noc(C(C)CO)n3)ncn2c2ccc(Cl)c(C#N)c21. The molecule has 3 heterocycles. The Hall–Kier alpha value is -3.22. The van der Waals surface area contributed by atoms with Crippen molar-refractivity contribution in [1.29, 1.82) is 5.26 Å². The van der Waals surface area contributed by atoms with Gasteiger partial charge in [0.15, 0.2) is 0 Å². The summed E-state index contributed by atoms with van der Waals surface area (Å²) >= 11 is 6.26. The number of benzene rings is 1. The van der Waals surface area contributed by atoms with Crippen molar-refractivity contribution in [2.45, 2.75) is 39.2 Å². The van der Waals surface area contributed by atoms with Crippen LogP contribution < -0.4 is 5.56 Å². The Morgan fingerprint density at radius 3 is 2.77 bits per heavy atom. The lowest BCUT2D eigenvalue weighted by molar-refractivity contribution is 0.242. The third-order valence-electron chi connectivity index (χ3n) is 5.29. The maximum absolute atomic E-state index is 13.6. The lowest BCUT2D eigenvalue weighted by atomic mass is 10.1. The lowest BCUT2D eigenvalue weighted by Gasteiger charge is -2.19. The van der Waals surface area contributed by atoms with Gasteiger partial charge in [-0.3, -0.25) is 9.20 Å². The molecule has 1 aromatic carbocycles. The molecule has 0 amide bonds. The van der Waals surface area contributed by atoms with E-state index in [0.717, 1.165) is 0 Å². The number of nitrogens with zero attached hydrogens (tertiary/aromatic N) is 6. The van der Waals surface area contributed by atoms with Crippen molar-refractivity contribution in [2.75, 3.05) is 6.61 Å². The average molecular weight is 427 g/mol. The summed E-state index contributed by atoms with van der Waals surface area (Å²) in [6, 6.07) is 5.32. The van der Waals surface area contributed by atoms with Crippen LogP contribution in [0.25, 0.3) is 28.1 Å². The summed E-state index contributed by atoms with van der Waals surface area (Å²) in [4.78, 5) is 22.3. The highest BCUT2D eigenvalue weighted by atomic mass is 35.5. The van der Waals surface area contributed by atoms with Crippen LogP contribution in [-0.4, -0.2) is 35.8 Å². The van der Waals surface area contributed by atoms with Gasteiger partial charge in [0.05, 0.1) is 34.1 Å². The predicted octanol–water partition coefficient (Wildman–Crippen LogP) is 3.29. The zero-order valence-corrected chi connectivity index (χ0v) is 17.4. The molecule has 0 bridgehead atoms. The van der Waals surface area contributed by atoms with Gasteiger partial charge in [0.1, 0.15) is 23.6 Å². The standard InChI is InChI=1S/C20H19ClN6O3/c1-4-11(3)27-16-12(7-22)13(21)5-6-14(16)26-9-23-15(17(26)20(27)29)18-24-19(30-25-18)10(2)8-28/h5-6,9-11,28H,4,8H2,1-3H3. The second kappa shape index (κ2) is 7.55. The molecule has 9 nitrogen and oxygen atoms in total. The first-order valence-corrected chi connectivity index (χ1v) is 9.89. The van der Waals surface area contributed by atoms with E-state index in [1.807, 2.05) is 13.8 Å². The number of halogens is 1. The monoisotopic (exact) mass is 426 g/mol. The van der Waals surface area contributed by atoms with Crippen LogP contribution in [-0.2, 0) is 0 Å². The number of fused-ring (bicyclic) bond motifs is 3. The van der Waals surface area contributed by atoms with Gasteiger partial charge in [-0.25, -0.2) is 4.98 Å². The van der Waals surface area contributed by atoms with Crippen LogP contribution >= 0.6 is 11.6 Å². The Kier molecular flexibility index (Phi) is 5.05. The van der Waals surface area contributed by atoms with E-state index in [1.165, 1.54) is 6.33 Å². The van der Waals surface area contributed by atoms with Crippen molar-refractivity contribution < 1.29 is 9.63 Å². The van der Waals surface area contributed by atoms with E-state index in [0.29, 0.717) is 17.5 Å². The molecule has 154 valence electrons. The molecule has 0 spiro atoms. The van der Waals surface area contributed by atoms with Crippen LogP contribution in [0.1, 0.15) is 50.6 Å². The maximum Gasteiger partial charge on any atom is 0.278 e. The number of aliphatic hydroxyl groups is 1. The van der Waals surface area contributed by atoms with Gasteiger partial charge in [0.25, 0.3) is 5.56 Å². The van der Waals surface area contributed by atoms with Gasteiger partial charge in [-0.1, -0.05) is 30.6 Å². The van der Waals surface area contributed by atoms with Crippen molar-refractivity contribution >= 4 is 28.2 Å². The number of aliphatic hydroxyl groups excluding tert-OH is 1. The second-order valence-corrected chi connectivity index (χ2v) is 7.59. The molecule has 0 saturated heterocycles. The molecule has 0 radical (unpaired) electrons. The fraction of sp³-hybridized carbons (Fsp3) is 0.350. The van der Waals surface area contributed by atoms with Crippen molar-refractivity contribution in [2.24, 2.45) is 0 Å². The highest BCUT2D eigenvalue weighted by molar-refractivity contribution is 6.32. The molecular weight excluding hydrogens is 408 g/mol. The Bertz CT molecular complexity index is 1360. The summed E-state index contributed by atoms with van der Waals surface area (Å²) in [6.07, 6.45) is 2.17. The minimum Gasteiger partial charge on any atom is -0.396 e. The quantitative estimate of drug-likeness (QED) is 0.519. The Balaban J connectivity index is 2.12. The highest BCUT2D eigenvalue weighted by Crippen LogP contribution is 2.30. The molecule has 2 atom stereocenters. The van der Waals surface area contributed by atoms with Crippen LogP contribution in [0.2, 0.25) is 5.02 Å². The lowest BCUT2D eigenvalue weighted by Crippen LogP contribution is -2.26. The number of nitriles is 1. The minimum absolute atomic E-state index is 0.144. The minimum atomic E-state index is -0.335. The summed E-state index contributed by atoms with van der Waals surface area (Å²) < 4.78 is 8.43. The van der Waals surface area contributed by atoms with Crippen LogP contribution in [0.15, 0.2) is 27.8 Å². The van der Waals surface area contributed by atoms with E-state index >= 15 is 0 Å². The third-order valence-corrected chi connectivity index (χ3v) is 5.60. The van der Waals surface area contributed by atoms with E-state index in [4.69, 9.17) is 16.1 Å². The van der Waals surface area contributed by atoms with Crippen LogP contribution in [0.5, 0.6) is 0 Å². The fourth-order valence-corrected chi connectivity index (χ4v) is 3.62. The molecule has 3 aromatic heterocycles. The van der Waals surface area contributed by atoms with Crippen molar-refractivity contribution in [3.63, 3.8) is 0 Å². The summed E-state index contributed by atoms with van der Waals surface area (Å²) in [6.45, 7) is 5.47. The van der Waals surface area contributed by atoms with E-state index in [9.17, 15) is 15.2 Å². The van der Waals surface area contributed by atoms with Gasteiger partial charge in [0.2, 0.25) is 11.7 Å². The number of hydrogen-bond donors (Lipinski definition) is 1. The number of imidazole rings is 1. The van der Waals surface area contributed by atoms with Crippen molar-refractivity contribution in [3.05, 3.63) is 45.3 Å². The largest absolute Gasteiger partial charge is 0.396 e. The highest BCUT2D eigenvalue weighted by Gasteiger charge is 2.25. The molecule has 0 aliphatic heterocycles. The second-order valence-electron chi connectivity index (χ2n) is 7.19. The third kappa shape index (κ3) is 2.88. The van der Waals surface area contributed by atoms with Crippen molar-refractivity contribution in [1.82, 2.24) is 24.1 Å². The molecule has 0 fully saturated rings. The summed E-state index contributed by atoms with van der Waals surface area (Å²) in [5.74, 6) is 0.0859. The summed E-state index contributed by atoms with van der Waals surface area (Å²) in [5, 5.41) is 23.2. The molecule has 4 aromatic rings. The average Bonchev–Trinajstić information content (AvgIpc) is 3.40. The molecule has 4 rings (SSSR count). The summed E-state index contributed by atoms with van der Waals surface area (Å²) in [5.41, 5.74) is 1.54. The zero-order valence-electron chi connectivity index (χ0n) is 16.6. The van der Waals surface area contributed by atoms with Gasteiger partial charge in [0, 0.05) is 6.04 Å². The normalized spacial score (nSPS) is 13.6. The van der Waals surface area contributed by atoms with Crippen LogP contribution in [0.3, 0.4) is 0 Å². The van der Waals surface area contributed by atoms with Crippen molar-refractivity contribution in [3.8, 4) is 17.6 Å². The number of aromatic nitrogens is 5. The Morgan fingerprint density at radius 1 is 1.33 bits per heavy atom. The fourth-order valence-electron chi connectivity index (χ4n) is 3.43. The van der Waals surface area contributed by atoms with Crippen LogP contribution in [0.4, 0.5) is 0 Å². The molecule has 0 saturated carbocycles.